The molecule has 0 bridgehead atoms. The quantitative estimate of drug-likeness (QED) is 0.834. The summed E-state index contributed by atoms with van der Waals surface area (Å²) in [4.78, 5) is 13.6. The standard InChI is InChI=1S/C12H11ClN2O3/c13-8-1-2-10(11(16)5-8)12(17)15-3-4-18-9(6-14)7-15/h1-2,5,9,16H,3-4,7H2. The number of amides is 1. The normalized spacial score (nSPS) is 19.3. The molecule has 1 N–H and O–H groups in total. The van der Waals surface area contributed by atoms with E-state index in [2.05, 4.69) is 0 Å². The lowest BCUT2D eigenvalue weighted by Gasteiger charge is -2.29. The molecule has 1 aromatic rings. The first-order valence-electron chi connectivity index (χ1n) is 5.41. The van der Waals surface area contributed by atoms with Crippen molar-refractivity contribution in [2.24, 2.45) is 0 Å². The fourth-order valence-corrected chi connectivity index (χ4v) is 1.93. The van der Waals surface area contributed by atoms with Crippen molar-refractivity contribution < 1.29 is 14.6 Å². The highest BCUT2D eigenvalue weighted by Crippen LogP contribution is 2.23. The summed E-state index contributed by atoms with van der Waals surface area (Å²) in [5.41, 5.74) is 0.179. The van der Waals surface area contributed by atoms with E-state index >= 15 is 0 Å². The van der Waals surface area contributed by atoms with Crippen LogP contribution in [0, 0.1) is 11.3 Å². The Labute approximate surface area is 109 Å². The minimum atomic E-state index is -0.614. The van der Waals surface area contributed by atoms with Crippen LogP contribution in [0.25, 0.3) is 0 Å². The molecule has 0 spiro atoms. The van der Waals surface area contributed by atoms with Gasteiger partial charge in [-0.25, -0.2) is 0 Å². The van der Waals surface area contributed by atoms with E-state index < -0.39 is 6.10 Å². The highest BCUT2D eigenvalue weighted by molar-refractivity contribution is 6.30. The molecule has 1 aliphatic heterocycles. The Balaban J connectivity index is 2.18. The van der Waals surface area contributed by atoms with Crippen LogP contribution < -0.4 is 0 Å². The Morgan fingerprint density at radius 2 is 2.39 bits per heavy atom. The van der Waals surface area contributed by atoms with Crippen LogP contribution >= 0.6 is 11.6 Å². The van der Waals surface area contributed by atoms with E-state index in [1.165, 1.54) is 23.1 Å². The van der Waals surface area contributed by atoms with Gasteiger partial charge < -0.3 is 14.7 Å². The van der Waals surface area contributed by atoms with E-state index in [-0.39, 0.29) is 23.8 Å². The van der Waals surface area contributed by atoms with Crippen molar-refractivity contribution in [2.75, 3.05) is 19.7 Å². The largest absolute Gasteiger partial charge is 0.507 e. The number of hydrogen-bond donors (Lipinski definition) is 1. The Hall–Kier alpha value is -1.77. The maximum atomic E-state index is 12.2. The van der Waals surface area contributed by atoms with E-state index in [1.807, 2.05) is 6.07 Å². The second-order valence-corrected chi connectivity index (χ2v) is 4.34. The number of benzene rings is 1. The third kappa shape index (κ3) is 2.55. The summed E-state index contributed by atoms with van der Waals surface area (Å²) >= 11 is 5.71. The molecule has 5 nitrogen and oxygen atoms in total. The first kappa shape index (κ1) is 12.7. The molecule has 0 aliphatic carbocycles. The molecule has 1 fully saturated rings. The van der Waals surface area contributed by atoms with E-state index in [1.54, 1.807) is 0 Å². The summed E-state index contributed by atoms with van der Waals surface area (Å²) in [7, 11) is 0. The minimum absolute atomic E-state index is 0.160. The number of ether oxygens (including phenoxy) is 1. The third-order valence-corrected chi connectivity index (χ3v) is 2.92. The van der Waals surface area contributed by atoms with Gasteiger partial charge in [-0.3, -0.25) is 4.79 Å². The maximum Gasteiger partial charge on any atom is 0.257 e. The van der Waals surface area contributed by atoms with Gasteiger partial charge in [0.2, 0.25) is 0 Å². The molecule has 1 saturated heterocycles. The molecule has 0 aromatic heterocycles. The van der Waals surface area contributed by atoms with Gasteiger partial charge >= 0.3 is 0 Å². The van der Waals surface area contributed by atoms with Gasteiger partial charge in [-0.05, 0) is 18.2 Å². The van der Waals surface area contributed by atoms with Gasteiger partial charge in [0.1, 0.15) is 5.75 Å². The number of rotatable bonds is 1. The Morgan fingerprint density at radius 1 is 1.61 bits per heavy atom. The lowest BCUT2D eigenvalue weighted by molar-refractivity contribution is 0.00334. The molecule has 0 radical (unpaired) electrons. The molecular weight excluding hydrogens is 256 g/mol. The predicted octanol–water partition coefficient (Wildman–Crippen LogP) is 1.41. The van der Waals surface area contributed by atoms with Crippen molar-refractivity contribution in [2.45, 2.75) is 6.10 Å². The third-order valence-electron chi connectivity index (χ3n) is 2.69. The number of phenolic OH excluding ortho intramolecular Hbond substituents is 1. The lowest BCUT2D eigenvalue weighted by Crippen LogP contribution is -2.45. The van der Waals surface area contributed by atoms with E-state index in [4.69, 9.17) is 21.6 Å². The van der Waals surface area contributed by atoms with Crippen LogP contribution in [0.2, 0.25) is 5.02 Å². The number of halogens is 1. The molecular formula is C12H11ClN2O3. The maximum absolute atomic E-state index is 12.2. The zero-order valence-electron chi connectivity index (χ0n) is 9.47. The van der Waals surface area contributed by atoms with Crippen LogP contribution in [0.3, 0.4) is 0 Å². The van der Waals surface area contributed by atoms with Crippen LogP contribution in [-0.2, 0) is 4.74 Å². The van der Waals surface area contributed by atoms with Crippen LogP contribution in [0.4, 0.5) is 0 Å². The van der Waals surface area contributed by atoms with Gasteiger partial charge in [-0.15, -0.1) is 0 Å². The van der Waals surface area contributed by atoms with Gasteiger partial charge in [-0.2, -0.15) is 5.26 Å². The number of phenols is 1. The monoisotopic (exact) mass is 266 g/mol. The molecule has 1 unspecified atom stereocenters. The molecule has 94 valence electrons. The van der Waals surface area contributed by atoms with E-state index in [0.717, 1.165) is 0 Å². The SMILES string of the molecule is N#CC1CN(C(=O)c2ccc(Cl)cc2O)CCO1. The number of nitrogens with zero attached hydrogens (tertiary/aromatic N) is 2. The van der Waals surface area contributed by atoms with Crippen LogP contribution in [0.1, 0.15) is 10.4 Å². The molecule has 6 heteroatoms. The lowest BCUT2D eigenvalue weighted by atomic mass is 10.1. The molecule has 1 heterocycles. The van der Waals surface area contributed by atoms with E-state index in [0.29, 0.717) is 18.2 Å². The van der Waals surface area contributed by atoms with Gasteiger partial charge in [0.15, 0.2) is 6.10 Å². The second-order valence-electron chi connectivity index (χ2n) is 3.90. The van der Waals surface area contributed by atoms with E-state index in [9.17, 15) is 9.90 Å². The Morgan fingerprint density at radius 3 is 3.06 bits per heavy atom. The van der Waals surface area contributed by atoms with Gasteiger partial charge in [0.05, 0.1) is 24.8 Å². The fourth-order valence-electron chi connectivity index (χ4n) is 1.77. The average molecular weight is 267 g/mol. The number of aromatic hydroxyl groups is 1. The van der Waals surface area contributed by atoms with Crippen LogP contribution in [0.5, 0.6) is 5.75 Å². The van der Waals surface area contributed by atoms with Crippen molar-refractivity contribution in [3.8, 4) is 11.8 Å². The molecule has 1 atom stereocenters. The van der Waals surface area contributed by atoms with Crippen molar-refractivity contribution in [3.63, 3.8) is 0 Å². The molecule has 1 aliphatic rings. The second kappa shape index (κ2) is 5.25. The van der Waals surface area contributed by atoms with Crippen LogP contribution in [0.15, 0.2) is 18.2 Å². The fraction of sp³-hybridized carbons (Fsp3) is 0.333. The Bertz CT molecular complexity index is 513. The zero-order chi connectivity index (χ0) is 13.1. The Kier molecular flexibility index (Phi) is 3.70. The van der Waals surface area contributed by atoms with Crippen LogP contribution in [-0.4, -0.2) is 41.7 Å². The summed E-state index contributed by atoms with van der Waals surface area (Å²) in [6, 6.07) is 6.29. The van der Waals surface area contributed by atoms with Crippen molar-refractivity contribution in [1.82, 2.24) is 4.90 Å². The molecule has 18 heavy (non-hydrogen) atoms. The molecule has 0 saturated carbocycles. The number of morpholine rings is 1. The highest BCUT2D eigenvalue weighted by Gasteiger charge is 2.26. The highest BCUT2D eigenvalue weighted by atomic mass is 35.5. The summed E-state index contributed by atoms with van der Waals surface area (Å²) in [5, 5.41) is 18.8. The summed E-state index contributed by atoms with van der Waals surface area (Å²) in [6.45, 7) is 0.925. The number of nitriles is 1. The molecule has 1 amide bonds. The number of carbonyl (C=O) groups is 1. The van der Waals surface area contributed by atoms with Crippen molar-refractivity contribution >= 4 is 17.5 Å². The first-order chi connectivity index (χ1) is 8.61. The smallest absolute Gasteiger partial charge is 0.257 e. The van der Waals surface area contributed by atoms with Gasteiger partial charge in [0, 0.05) is 11.6 Å². The zero-order valence-corrected chi connectivity index (χ0v) is 10.2. The van der Waals surface area contributed by atoms with Gasteiger partial charge in [0.25, 0.3) is 5.91 Å². The summed E-state index contributed by atoms with van der Waals surface area (Å²) in [5.74, 6) is -0.486. The number of carbonyl (C=O) groups excluding carboxylic acids is 1. The number of hydrogen-bond acceptors (Lipinski definition) is 4. The predicted molar refractivity (Wildman–Crippen MR) is 64.4 cm³/mol. The average Bonchev–Trinajstić information content (AvgIpc) is 2.38. The molecule has 2 rings (SSSR count). The van der Waals surface area contributed by atoms with Crippen molar-refractivity contribution in [1.29, 1.82) is 5.26 Å². The molecule has 1 aromatic carbocycles. The van der Waals surface area contributed by atoms with Gasteiger partial charge in [-0.1, -0.05) is 11.6 Å². The first-order valence-corrected chi connectivity index (χ1v) is 5.78. The summed E-state index contributed by atoms with van der Waals surface area (Å²) < 4.78 is 5.15. The summed E-state index contributed by atoms with van der Waals surface area (Å²) in [6.07, 6.45) is -0.614. The topological polar surface area (TPSA) is 73.6 Å². The minimum Gasteiger partial charge on any atom is -0.507 e. The van der Waals surface area contributed by atoms with Crippen molar-refractivity contribution in [3.05, 3.63) is 28.8 Å².